The SMILES string of the molecule is O=C(Oc1ccccc1I)C(Cl)(Cl)Cl. The molecule has 0 aliphatic carbocycles. The van der Waals surface area contributed by atoms with Crippen molar-refractivity contribution in [3.63, 3.8) is 0 Å². The fourth-order valence-electron chi connectivity index (χ4n) is 0.685. The number of rotatable bonds is 1. The van der Waals surface area contributed by atoms with E-state index in [4.69, 9.17) is 39.5 Å². The first-order valence-electron chi connectivity index (χ1n) is 3.45. The van der Waals surface area contributed by atoms with Gasteiger partial charge in [0, 0.05) is 0 Å². The molecule has 0 fully saturated rings. The van der Waals surface area contributed by atoms with Crippen LogP contribution in [-0.4, -0.2) is 9.76 Å². The lowest BCUT2D eigenvalue weighted by molar-refractivity contribution is -0.133. The molecule has 1 aromatic carbocycles. The molecule has 0 aliphatic heterocycles. The zero-order valence-electron chi connectivity index (χ0n) is 6.64. The molecule has 0 unspecified atom stereocenters. The van der Waals surface area contributed by atoms with Gasteiger partial charge in [0.15, 0.2) is 0 Å². The molecule has 0 heterocycles. The van der Waals surface area contributed by atoms with Crippen LogP contribution in [0.5, 0.6) is 5.75 Å². The van der Waals surface area contributed by atoms with Gasteiger partial charge in [0.2, 0.25) is 0 Å². The van der Waals surface area contributed by atoms with Gasteiger partial charge in [-0.2, -0.15) is 0 Å². The van der Waals surface area contributed by atoms with E-state index in [1.54, 1.807) is 18.2 Å². The van der Waals surface area contributed by atoms with Crippen LogP contribution in [0.3, 0.4) is 0 Å². The van der Waals surface area contributed by atoms with Crippen molar-refractivity contribution >= 4 is 63.4 Å². The smallest absolute Gasteiger partial charge is 0.363 e. The van der Waals surface area contributed by atoms with E-state index < -0.39 is 9.76 Å². The third-order valence-electron chi connectivity index (χ3n) is 1.27. The van der Waals surface area contributed by atoms with E-state index >= 15 is 0 Å². The number of alkyl halides is 3. The average molecular weight is 365 g/mol. The molecule has 0 aliphatic rings. The van der Waals surface area contributed by atoms with Crippen LogP contribution in [0.4, 0.5) is 0 Å². The minimum Gasteiger partial charge on any atom is -0.422 e. The van der Waals surface area contributed by atoms with E-state index in [1.165, 1.54) is 0 Å². The van der Waals surface area contributed by atoms with Crippen molar-refractivity contribution in [2.75, 3.05) is 0 Å². The van der Waals surface area contributed by atoms with E-state index in [1.807, 2.05) is 28.7 Å². The van der Waals surface area contributed by atoms with E-state index in [0.29, 0.717) is 5.75 Å². The highest BCUT2D eigenvalue weighted by molar-refractivity contribution is 14.1. The molecule has 1 aromatic rings. The Morgan fingerprint density at radius 1 is 1.29 bits per heavy atom. The summed E-state index contributed by atoms with van der Waals surface area (Å²) >= 11 is 18.0. The molecule has 6 heteroatoms. The van der Waals surface area contributed by atoms with Crippen molar-refractivity contribution in [1.82, 2.24) is 0 Å². The second-order valence-electron chi connectivity index (χ2n) is 2.32. The minimum absolute atomic E-state index is 0.379. The summed E-state index contributed by atoms with van der Waals surface area (Å²) in [7, 11) is 0. The topological polar surface area (TPSA) is 26.3 Å². The van der Waals surface area contributed by atoms with Gasteiger partial charge in [-0.3, -0.25) is 0 Å². The zero-order chi connectivity index (χ0) is 10.8. The summed E-state index contributed by atoms with van der Waals surface area (Å²) in [5.41, 5.74) is 0. The fourth-order valence-corrected chi connectivity index (χ4v) is 1.30. The van der Waals surface area contributed by atoms with Gasteiger partial charge in [-0.25, -0.2) is 4.79 Å². The normalized spacial score (nSPS) is 11.1. The molecule has 76 valence electrons. The van der Waals surface area contributed by atoms with Gasteiger partial charge in [0.25, 0.3) is 3.79 Å². The van der Waals surface area contributed by atoms with Gasteiger partial charge in [-0.05, 0) is 34.7 Å². The molecule has 0 saturated carbocycles. The molecule has 0 spiro atoms. The molecule has 0 saturated heterocycles. The van der Waals surface area contributed by atoms with Crippen molar-refractivity contribution in [2.24, 2.45) is 0 Å². The Balaban J connectivity index is 2.80. The summed E-state index contributed by atoms with van der Waals surface area (Å²) in [6.07, 6.45) is 0. The van der Waals surface area contributed by atoms with Gasteiger partial charge in [-0.15, -0.1) is 0 Å². The first-order valence-corrected chi connectivity index (χ1v) is 5.66. The molecule has 0 aromatic heterocycles. The molecule has 0 atom stereocenters. The number of hydrogen-bond donors (Lipinski definition) is 0. The number of hydrogen-bond acceptors (Lipinski definition) is 2. The molecule has 0 bridgehead atoms. The molecular weight excluding hydrogens is 361 g/mol. The summed E-state index contributed by atoms with van der Waals surface area (Å²) < 4.78 is 3.60. The van der Waals surface area contributed by atoms with Gasteiger partial charge < -0.3 is 4.74 Å². The monoisotopic (exact) mass is 364 g/mol. The highest BCUT2D eigenvalue weighted by atomic mass is 127. The average Bonchev–Trinajstić information content (AvgIpc) is 2.07. The maximum atomic E-state index is 11.2. The van der Waals surface area contributed by atoms with Gasteiger partial charge in [0.1, 0.15) is 5.75 Å². The summed E-state index contributed by atoms with van der Waals surface area (Å²) in [4.78, 5) is 11.2. The summed E-state index contributed by atoms with van der Waals surface area (Å²) in [5, 5.41) is 0. The summed E-state index contributed by atoms with van der Waals surface area (Å²) in [6.45, 7) is 0. The van der Waals surface area contributed by atoms with Gasteiger partial charge >= 0.3 is 5.97 Å². The van der Waals surface area contributed by atoms with Crippen molar-refractivity contribution in [1.29, 1.82) is 0 Å². The Morgan fingerprint density at radius 2 is 1.86 bits per heavy atom. The first kappa shape index (κ1) is 12.4. The lowest BCUT2D eigenvalue weighted by atomic mass is 10.3. The van der Waals surface area contributed by atoms with Crippen LogP contribution in [0.25, 0.3) is 0 Å². The van der Waals surface area contributed by atoms with E-state index in [0.717, 1.165) is 3.57 Å². The Hall–Kier alpha value is 0.290. The lowest BCUT2D eigenvalue weighted by Crippen LogP contribution is -2.25. The number of carbonyl (C=O) groups is 1. The molecule has 0 radical (unpaired) electrons. The lowest BCUT2D eigenvalue weighted by Gasteiger charge is -2.10. The molecule has 0 amide bonds. The van der Waals surface area contributed by atoms with Crippen molar-refractivity contribution in [2.45, 2.75) is 3.79 Å². The van der Waals surface area contributed by atoms with E-state index in [-0.39, 0.29) is 0 Å². The maximum Gasteiger partial charge on any atom is 0.363 e. The van der Waals surface area contributed by atoms with Crippen LogP contribution in [0.15, 0.2) is 24.3 Å². The molecule has 14 heavy (non-hydrogen) atoms. The minimum atomic E-state index is -2.04. The number of esters is 1. The number of carbonyl (C=O) groups excluding carboxylic acids is 1. The standard InChI is InChI=1S/C8H4Cl3IO2/c9-8(10,11)7(13)14-6-4-2-1-3-5(6)12/h1-4H. The molecular formula is C8H4Cl3IO2. The van der Waals surface area contributed by atoms with Gasteiger partial charge in [0.05, 0.1) is 3.57 Å². The third-order valence-corrected chi connectivity index (χ3v) is 2.62. The zero-order valence-corrected chi connectivity index (χ0v) is 11.1. The Bertz CT molecular complexity index is 349. The third kappa shape index (κ3) is 3.46. The highest BCUT2D eigenvalue weighted by Crippen LogP contribution is 2.29. The predicted molar refractivity (Wildman–Crippen MR) is 65.1 cm³/mol. The Kier molecular flexibility index (Phi) is 4.30. The quantitative estimate of drug-likeness (QED) is 0.329. The van der Waals surface area contributed by atoms with Crippen LogP contribution < -0.4 is 4.74 Å². The molecule has 2 nitrogen and oxygen atoms in total. The van der Waals surface area contributed by atoms with Gasteiger partial charge in [-0.1, -0.05) is 46.9 Å². The van der Waals surface area contributed by atoms with Crippen molar-refractivity contribution < 1.29 is 9.53 Å². The number of ether oxygens (including phenoxy) is 1. The fraction of sp³-hybridized carbons (Fsp3) is 0.125. The second-order valence-corrected chi connectivity index (χ2v) is 5.76. The van der Waals surface area contributed by atoms with Crippen molar-refractivity contribution in [3.8, 4) is 5.75 Å². The Labute approximate surface area is 110 Å². The van der Waals surface area contributed by atoms with E-state index in [2.05, 4.69) is 0 Å². The highest BCUT2D eigenvalue weighted by Gasteiger charge is 2.33. The number of benzene rings is 1. The predicted octanol–water partition coefficient (Wildman–Crippen LogP) is 3.57. The summed E-state index contributed by atoms with van der Waals surface area (Å²) in [6, 6.07) is 6.94. The first-order chi connectivity index (χ1) is 6.41. The second kappa shape index (κ2) is 4.88. The molecule has 1 rings (SSSR count). The van der Waals surface area contributed by atoms with Crippen molar-refractivity contribution in [3.05, 3.63) is 27.8 Å². The van der Waals surface area contributed by atoms with Crippen LogP contribution in [0.1, 0.15) is 0 Å². The largest absolute Gasteiger partial charge is 0.422 e. The molecule has 0 N–H and O–H groups in total. The number of para-hydroxylation sites is 1. The van der Waals surface area contributed by atoms with E-state index in [9.17, 15) is 4.79 Å². The van der Waals surface area contributed by atoms with Crippen LogP contribution in [0, 0.1) is 3.57 Å². The number of halogens is 4. The Morgan fingerprint density at radius 3 is 2.36 bits per heavy atom. The van der Waals surface area contributed by atoms with Crippen LogP contribution >= 0.6 is 57.4 Å². The van der Waals surface area contributed by atoms with Crippen LogP contribution in [-0.2, 0) is 4.79 Å². The van der Waals surface area contributed by atoms with Crippen LogP contribution in [0.2, 0.25) is 0 Å². The summed E-state index contributed by atoms with van der Waals surface area (Å²) in [5.74, 6) is -0.531. The maximum absolute atomic E-state index is 11.2.